The zero-order valence-corrected chi connectivity index (χ0v) is 12.3. The molecule has 0 saturated carbocycles. The van der Waals surface area contributed by atoms with E-state index < -0.39 is 5.82 Å². The highest BCUT2D eigenvalue weighted by atomic mass is 35.5. The lowest BCUT2D eigenvalue weighted by atomic mass is 10.1. The lowest BCUT2D eigenvalue weighted by molar-refractivity contribution is 0.301. The molecule has 0 bridgehead atoms. The van der Waals surface area contributed by atoms with Gasteiger partial charge in [-0.25, -0.2) is 8.78 Å². The third-order valence-corrected chi connectivity index (χ3v) is 3.23. The number of nitrogens with two attached hydrogens (primary N) is 1. The summed E-state index contributed by atoms with van der Waals surface area (Å²) < 4.78 is 32.1. The monoisotopic (exact) mass is 311 g/mol. The first-order chi connectivity index (χ1) is 9.95. The molecule has 2 N–H and O–H groups in total. The zero-order valence-electron chi connectivity index (χ0n) is 11.6. The third-order valence-electron chi connectivity index (χ3n) is 2.94. The second-order valence-corrected chi connectivity index (χ2v) is 5.38. The first-order valence-electron chi connectivity index (χ1n) is 6.56. The van der Waals surface area contributed by atoms with Crippen LogP contribution in [0, 0.1) is 11.6 Å². The molecular formula is C16H16ClF2NO. The quantitative estimate of drug-likeness (QED) is 0.902. The summed E-state index contributed by atoms with van der Waals surface area (Å²) in [6, 6.07) is 8.59. The molecule has 1 unspecified atom stereocenters. The van der Waals surface area contributed by atoms with Gasteiger partial charge < -0.3 is 10.5 Å². The van der Waals surface area contributed by atoms with Crippen LogP contribution in [0.2, 0.25) is 5.02 Å². The van der Waals surface area contributed by atoms with Crippen molar-refractivity contribution in [3.63, 3.8) is 0 Å². The van der Waals surface area contributed by atoms with E-state index in [1.54, 1.807) is 12.1 Å². The molecule has 0 saturated heterocycles. The van der Waals surface area contributed by atoms with Crippen LogP contribution in [0.5, 0.6) is 5.75 Å². The van der Waals surface area contributed by atoms with Crippen LogP contribution >= 0.6 is 11.6 Å². The molecule has 0 aliphatic heterocycles. The van der Waals surface area contributed by atoms with Crippen LogP contribution < -0.4 is 10.5 Å². The molecule has 21 heavy (non-hydrogen) atoms. The Balaban J connectivity index is 2.13. The molecule has 2 aromatic carbocycles. The molecule has 5 heteroatoms. The van der Waals surface area contributed by atoms with Gasteiger partial charge in [-0.2, -0.15) is 0 Å². The summed E-state index contributed by atoms with van der Waals surface area (Å²) in [4.78, 5) is 0. The number of ether oxygens (including phenoxy) is 1. The van der Waals surface area contributed by atoms with Gasteiger partial charge in [-0.3, -0.25) is 0 Å². The van der Waals surface area contributed by atoms with E-state index in [0.29, 0.717) is 17.7 Å². The maximum absolute atomic E-state index is 13.3. The van der Waals surface area contributed by atoms with Crippen LogP contribution in [0.1, 0.15) is 18.1 Å². The Bertz CT molecular complexity index is 632. The molecule has 2 rings (SSSR count). The van der Waals surface area contributed by atoms with E-state index in [9.17, 15) is 8.78 Å². The number of rotatable bonds is 5. The topological polar surface area (TPSA) is 35.2 Å². The largest absolute Gasteiger partial charge is 0.489 e. The average molecular weight is 312 g/mol. The maximum atomic E-state index is 13.3. The first-order valence-corrected chi connectivity index (χ1v) is 6.94. The Morgan fingerprint density at radius 3 is 2.62 bits per heavy atom. The Morgan fingerprint density at radius 1 is 1.19 bits per heavy atom. The predicted octanol–water partition coefficient (Wildman–Crippen LogP) is 4.09. The van der Waals surface area contributed by atoms with Crippen molar-refractivity contribution in [2.45, 2.75) is 26.0 Å². The number of hydrogen-bond acceptors (Lipinski definition) is 2. The van der Waals surface area contributed by atoms with Crippen LogP contribution in [0.15, 0.2) is 36.4 Å². The van der Waals surface area contributed by atoms with E-state index >= 15 is 0 Å². The van der Waals surface area contributed by atoms with Crippen LogP contribution in [0.3, 0.4) is 0 Å². The van der Waals surface area contributed by atoms with Gasteiger partial charge in [0, 0.05) is 6.04 Å². The summed E-state index contributed by atoms with van der Waals surface area (Å²) in [5.74, 6) is -0.239. The Labute approximate surface area is 127 Å². The Morgan fingerprint density at radius 2 is 1.95 bits per heavy atom. The van der Waals surface area contributed by atoms with Gasteiger partial charge in [-0.05, 0) is 54.8 Å². The Hall–Kier alpha value is -1.65. The second-order valence-electron chi connectivity index (χ2n) is 4.97. The van der Waals surface area contributed by atoms with Gasteiger partial charge in [0.15, 0.2) is 0 Å². The predicted molar refractivity (Wildman–Crippen MR) is 79.5 cm³/mol. The third kappa shape index (κ3) is 4.41. The van der Waals surface area contributed by atoms with Crippen molar-refractivity contribution < 1.29 is 13.5 Å². The Kier molecular flexibility index (Phi) is 5.15. The molecule has 2 aromatic rings. The highest BCUT2D eigenvalue weighted by molar-refractivity contribution is 6.30. The lowest BCUT2D eigenvalue weighted by Crippen LogP contribution is -2.18. The summed E-state index contributed by atoms with van der Waals surface area (Å²) >= 11 is 5.72. The number of halogens is 3. The van der Waals surface area contributed by atoms with E-state index in [4.69, 9.17) is 22.1 Å². The zero-order chi connectivity index (χ0) is 15.4. The highest BCUT2D eigenvalue weighted by Crippen LogP contribution is 2.23. The summed E-state index contributed by atoms with van der Waals surface area (Å²) in [5, 5.41) is 0.0472. The van der Waals surface area contributed by atoms with Crippen molar-refractivity contribution in [3.8, 4) is 5.75 Å². The fourth-order valence-electron chi connectivity index (χ4n) is 1.99. The van der Waals surface area contributed by atoms with E-state index in [1.165, 1.54) is 24.3 Å². The molecule has 0 aliphatic carbocycles. The SMILES string of the molecule is CC(N)Cc1cc(F)ccc1OCc1ccc(F)c(Cl)c1. The summed E-state index contributed by atoms with van der Waals surface area (Å²) in [5.41, 5.74) is 7.19. The molecule has 0 heterocycles. The van der Waals surface area contributed by atoms with Crippen molar-refractivity contribution in [3.05, 3.63) is 64.2 Å². The molecule has 0 aromatic heterocycles. The molecule has 0 spiro atoms. The van der Waals surface area contributed by atoms with Gasteiger partial charge in [-0.15, -0.1) is 0 Å². The molecule has 0 aliphatic rings. The fraction of sp³-hybridized carbons (Fsp3) is 0.250. The minimum Gasteiger partial charge on any atom is -0.489 e. The van der Waals surface area contributed by atoms with Gasteiger partial charge in [0.25, 0.3) is 0 Å². The molecule has 112 valence electrons. The second kappa shape index (κ2) is 6.87. The van der Waals surface area contributed by atoms with Gasteiger partial charge in [-0.1, -0.05) is 17.7 Å². The van der Waals surface area contributed by atoms with Crippen molar-refractivity contribution in [2.75, 3.05) is 0 Å². The molecule has 2 nitrogen and oxygen atoms in total. The van der Waals surface area contributed by atoms with Crippen LogP contribution in [-0.2, 0) is 13.0 Å². The first kappa shape index (κ1) is 15.7. The molecule has 0 radical (unpaired) electrons. The van der Waals surface area contributed by atoms with Crippen molar-refractivity contribution >= 4 is 11.6 Å². The normalized spacial score (nSPS) is 12.2. The van der Waals surface area contributed by atoms with E-state index in [0.717, 1.165) is 5.56 Å². The van der Waals surface area contributed by atoms with Crippen molar-refractivity contribution in [1.82, 2.24) is 0 Å². The van der Waals surface area contributed by atoms with Crippen molar-refractivity contribution in [1.29, 1.82) is 0 Å². The van der Waals surface area contributed by atoms with Crippen LogP contribution in [0.4, 0.5) is 8.78 Å². The van der Waals surface area contributed by atoms with E-state index in [2.05, 4.69) is 0 Å². The average Bonchev–Trinajstić information content (AvgIpc) is 2.41. The van der Waals surface area contributed by atoms with Gasteiger partial charge in [0.05, 0.1) is 5.02 Å². The smallest absolute Gasteiger partial charge is 0.141 e. The maximum Gasteiger partial charge on any atom is 0.141 e. The molecule has 1 atom stereocenters. The lowest BCUT2D eigenvalue weighted by Gasteiger charge is -2.13. The van der Waals surface area contributed by atoms with Crippen LogP contribution in [-0.4, -0.2) is 6.04 Å². The highest BCUT2D eigenvalue weighted by Gasteiger charge is 2.09. The fourth-order valence-corrected chi connectivity index (χ4v) is 2.19. The minimum atomic E-state index is -0.472. The van der Waals surface area contributed by atoms with E-state index in [-0.39, 0.29) is 23.5 Å². The van der Waals surface area contributed by atoms with Crippen LogP contribution in [0.25, 0.3) is 0 Å². The molecule has 0 amide bonds. The number of benzene rings is 2. The van der Waals surface area contributed by atoms with Gasteiger partial charge in [0.2, 0.25) is 0 Å². The summed E-state index contributed by atoms with van der Waals surface area (Å²) in [6.45, 7) is 2.06. The van der Waals surface area contributed by atoms with Crippen molar-refractivity contribution in [2.24, 2.45) is 5.73 Å². The standard InChI is InChI=1S/C16H16ClF2NO/c1-10(20)6-12-8-13(18)3-5-16(12)21-9-11-2-4-15(19)14(17)7-11/h2-5,7-8,10H,6,9,20H2,1H3. The van der Waals surface area contributed by atoms with Gasteiger partial charge in [0.1, 0.15) is 24.0 Å². The van der Waals surface area contributed by atoms with Gasteiger partial charge >= 0.3 is 0 Å². The molecule has 0 fully saturated rings. The summed E-state index contributed by atoms with van der Waals surface area (Å²) in [6.07, 6.45) is 0.511. The molecular weight excluding hydrogens is 296 g/mol. The van der Waals surface area contributed by atoms with E-state index in [1.807, 2.05) is 6.92 Å². The minimum absolute atomic E-state index is 0.0472. The number of hydrogen-bond donors (Lipinski definition) is 1. The summed E-state index contributed by atoms with van der Waals surface area (Å²) in [7, 11) is 0.